The average Bonchev–Trinajstić information content (AvgIpc) is 2.95. The molecule has 5 rings (SSSR count). The predicted molar refractivity (Wildman–Crippen MR) is 153 cm³/mol. The number of barbiturate groups is 1. The summed E-state index contributed by atoms with van der Waals surface area (Å²) in [5, 5.41) is 2.84. The van der Waals surface area contributed by atoms with E-state index in [1.54, 1.807) is 60.7 Å². The molecule has 0 aromatic heterocycles. The molecule has 40 heavy (non-hydrogen) atoms. The zero-order valence-corrected chi connectivity index (χ0v) is 22.4. The Morgan fingerprint density at radius 1 is 0.800 bits per heavy atom. The summed E-state index contributed by atoms with van der Waals surface area (Å²) >= 11 is 6.06. The van der Waals surface area contributed by atoms with Gasteiger partial charge in [0.05, 0.1) is 5.69 Å². The van der Waals surface area contributed by atoms with Crippen LogP contribution in [0, 0.1) is 6.92 Å². The third kappa shape index (κ3) is 6.22. The van der Waals surface area contributed by atoms with Gasteiger partial charge in [-0.2, -0.15) is 0 Å². The third-order valence-corrected chi connectivity index (χ3v) is 6.46. The zero-order valence-electron chi connectivity index (χ0n) is 21.6. The first-order valence-corrected chi connectivity index (χ1v) is 12.9. The molecule has 4 amide bonds. The molecular weight excluding hydrogens is 528 g/mol. The molecule has 1 aliphatic heterocycles. The summed E-state index contributed by atoms with van der Waals surface area (Å²) in [6.45, 7) is 2.64. The minimum absolute atomic E-state index is 0.196. The highest BCUT2D eigenvalue weighted by Gasteiger charge is 2.37. The summed E-state index contributed by atoms with van der Waals surface area (Å²) in [7, 11) is 0. The summed E-state index contributed by atoms with van der Waals surface area (Å²) in [4.78, 5) is 39.7. The van der Waals surface area contributed by atoms with E-state index in [-0.39, 0.29) is 12.2 Å². The van der Waals surface area contributed by atoms with Gasteiger partial charge < -0.3 is 9.47 Å². The molecular formula is C32H25ClN2O5. The van der Waals surface area contributed by atoms with E-state index >= 15 is 0 Å². The van der Waals surface area contributed by atoms with E-state index in [0.29, 0.717) is 34.4 Å². The molecule has 1 saturated heterocycles. The quantitative estimate of drug-likeness (QED) is 0.200. The molecule has 4 aromatic carbocycles. The number of imide groups is 2. The van der Waals surface area contributed by atoms with E-state index < -0.39 is 17.8 Å². The maximum absolute atomic E-state index is 13.4. The van der Waals surface area contributed by atoms with E-state index in [2.05, 4.69) is 5.32 Å². The fourth-order valence-corrected chi connectivity index (χ4v) is 4.32. The largest absolute Gasteiger partial charge is 0.489 e. The van der Waals surface area contributed by atoms with E-state index in [1.807, 2.05) is 43.3 Å². The number of benzene rings is 4. The van der Waals surface area contributed by atoms with Gasteiger partial charge in [0.15, 0.2) is 0 Å². The Morgan fingerprint density at radius 2 is 1.52 bits per heavy atom. The topological polar surface area (TPSA) is 84.9 Å². The Bertz CT molecular complexity index is 1600. The monoisotopic (exact) mass is 552 g/mol. The average molecular weight is 553 g/mol. The number of urea groups is 1. The van der Waals surface area contributed by atoms with Crippen molar-refractivity contribution in [2.45, 2.75) is 20.1 Å². The molecule has 0 saturated carbocycles. The van der Waals surface area contributed by atoms with Crippen LogP contribution in [0.2, 0.25) is 5.02 Å². The van der Waals surface area contributed by atoms with Crippen LogP contribution in [-0.4, -0.2) is 17.8 Å². The number of halogens is 1. The van der Waals surface area contributed by atoms with Crippen molar-refractivity contribution in [1.29, 1.82) is 0 Å². The van der Waals surface area contributed by atoms with Crippen molar-refractivity contribution in [1.82, 2.24) is 5.32 Å². The van der Waals surface area contributed by atoms with Crippen LogP contribution in [0.3, 0.4) is 0 Å². The van der Waals surface area contributed by atoms with E-state index in [0.717, 1.165) is 21.6 Å². The molecule has 4 aromatic rings. The smallest absolute Gasteiger partial charge is 0.335 e. The van der Waals surface area contributed by atoms with Gasteiger partial charge in [-0.1, -0.05) is 71.8 Å². The highest BCUT2D eigenvalue weighted by molar-refractivity contribution is 6.39. The molecule has 1 N–H and O–H groups in total. The number of para-hydroxylation sites is 1. The van der Waals surface area contributed by atoms with Crippen LogP contribution in [0.15, 0.2) is 103 Å². The van der Waals surface area contributed by atoms with Gasteiger partial charge in [-0.3, -0.25) is 14.9 Å². The Morgan fingerprint density at radius 3 is 2.27 bits per heavy atom. The molecule has 0 unspecified atom stereocenters. The van der Waals surface area contributed by atoms with Crippen LogP contribution in [-0.2, 0) is 22.8 Å². The number of hydrogen-bond acceptors (Lipinski definition) is 5. The fraction of sp³-hybridized carbons (Fsp3) is 0.0938. The number of hydrogen-bond donors (Lipinski definition) is 1. The summed E-state index contributed by atoms with van der Waals surface area (Å²) in [5.41, 5.74) is 3.66. The summed E-state index contributed by atoms with van der Waals surface area (Å²) in [6, 6.07) is 28.0. The highest BCUT2D eigenvalue weighted by Crippen LogP contribution is 2.27. The number of rotatable bonds is 8. The van der Waals surface area contributed by atoms with Crippen LogP contribution in [0.5, 0.6) is 11.5 Å². The van der Waals surface area contributed by atoms with Gasteiger partial charge in [0.2, 0.25) is 0 Å². The first-order valence-electron chi connectivity index (χ1n) is 12.5. The first kappa shape index (κ1) is 26.7. The molecule has 7 nitrogen and oxygen atoms in total. The normalized spacial score (nSPS) is 14.3. The van der Waals surface area contributed by atoms with Crippen LogP contribution in [0.1, 0.15) is 22.3 Å². The second kappa shape index (κ2) is 11.9. The van der Waals surface area contributed by atoms with E-state index in [9.17, 15) is 14.4 Å². The fourth-order valence-electron chi connectivity index (χ4n) is 4.11. The van der Waals surface area contributed by atoms with Gasteiger partial charge in [0.25, 0.3) is 11.8 Å². The molecule has 0 spiro atoms. The van der Waals surface area contributed by atoms with Gasteiger partial charge >= 0.3 is 6.03 Å². The van der Waals surface area contributed by atoms with Crippen LogP contribution < -0.4 is 19.7 Å². The number of nitrogens with zero attached hydrogens (tertiary/aromatic N) is 1. The Labute approximate surface area is 236 Å². The molecule has 200 valence electrons. The lowest BCUT2D eigenvalue weighted by atomic mass is 10.1. The Kier molecular flexibility index (Phi) is 7.94. The zero-order chi connectivity index (χ0) is 28.1. The van der Waals surface area contributed by atoms with Crippen molar-refractivity contribution >= 4 is 41.2 Å². The van der Waals surface area contributed by atoms with E-state index in [1.165, 1.54) is 6.08 Å². The molecule has 0 atom stereocenters. The van der Waals surface area contributed by atoms with Crippen LogP contribution in [0.25, 0.3) is 6.08 Å². The van der Waals surface area contributed by atoms with Crippen molar-refractivity contribution in [3.8, 4) is 11.5 Å². The summed E-state index contributed by atoms with van der Waals surface area (Å²) in [5.74, 6) is -0.485. The van der Waals surface area contributed by atoms with Crippen molar-refractivity contribution < 1.29 is 23.9 Å². The molecule has 1 heterocycles. The minimum atomic E-state index is -0.828. The lowest BCUT2D eigenvalue weighted by Crippen LogP contribution is -2.54. The van der Waals surface area contributed by atoms with Crippen molar-refractivity contribution in [3.63, 3.8) is 0 Å². The van der Waals surface area contributed by atoms with Crippen molar-refractivity contribution in [3.05, 3.63) is 130 Å². The molecule has 0 bridgehead atoms. The second-order valence-electron chi connectivity index (χ2n) is 9.18. The van der Waals surface area contributed by atoms with Crippen molar-refractivity contribution in [2.24, 2.45) is 0 Å². The molecule has 8 heteroatoms. The third-order valence-electron chi connectivity index (χ3n) is 6.22. The lowest BCUT2D eigenvalue weighted by molar-refractivity contribution is -0.122. The Balaban J connectivity index is 1.33. The van der Waals surface area contributed by atoms with Gasteiger partial charge in [-0.05, 0) is 66.6 Å². The van der Waals surface area contributed by atoms with Crippen molar-refractivity contribution in [2.75, 3.05) is 4.90 Å². The van der Waals surface area contributed by atoms with Gasteiger partial charge in [-0.15, -0.1) is 0 Å². The maximum atomic E-state index is 13.4. The van der Waals surface area contributed by atoms with Gasteiger partial charge in [-0.25, -0.2) is 9.69 Å². The van der Waals surface area contributed by atoms with E-state index in [4.69, 9.17) is 21.1 Å². The molecule has 1 aliphatic rings. The summed E-state index contributed by atoms with van der Waals surface area (Å²) in [6.07, 6.45) is 1.42. The number of carbonyl (C=O) groups excluding carboxylic acids is 3. The first-order chi connectivity index (χ1) is 19.4. The lowest BCUT2D eigenvalue weighted by Gasteiger charge is -2.26. The van der Waals surface area contributed by atoms with Gasteiger partial charge in [0.1, 0.15) is 30.3 Å². The maximum Gasteiger partial charge on any atom is 0.335 e. The minimum Gasteiger partial charge on any atom is -0.489 e. The molecule has 1 fully saturated rings. The number of aryl methyl sites for hydroxylation is 1. The number of carbonyl (C=O) groups is 3. The molecule has 0 radical (unpaired) electrons. The second-order valence-corrected chi connectivity index (χ2v) is 9.62. The molecule has 0 aliphatic carbocycles. The highest BCUT2D eigenvalue weighted by atomic mass is 35.5. The summed E-state index contributed by atoms with van der Waals surface area (Å²) < 4.78 is 11.8. The SMILES string of the molecule is Cc1ccc(COc2ccc(N3C(=O)NC(=O)/C(=C\c4ccccc4OCc4cccc(Cl)c4)C3=O)cc2)cc1. The predicted octanol–water partition coefficient (Wildman–Crippen LogP) is 6.47. The number of nitrogens with one attached hydrogen (secondary N) is 1. The standard InChI is InChI=1S/C32H25ClN2O5/c1-21-9-11-22(12-10-21)19-39-27-15-13-26(14-16-27)35-31(37)28(30(36)34-32(35)38)18-24-6-2-3-8-29(24)40-20-23-5-4-7-25(33)17-23/h2-18H,19-20H2,1H3,(H,34,36,38)/b28-18+. The number of ether oxygens (including phenoxy) is 2. The van der Waals surface area contributed by atoms with Crippen LogP contribution in [0.4, 0.5) is 10.5 Å². The van der Waals surface area contributed by atoms with Gasteiger partial charge in [0, 0.05) is 10.6 Å². The number of anilines is 1. The van der Waals surface area contributed by atoms with Crippen LogP contribution >= 0.6 is 11.6 Å². The number of amides is 4. The Hall–Kier alpha value is -4.88.